The van der Waals surface area contributed by atoms with Crippen molar-refractivity contribution >= 4 is 15.7 Å². The third-order valence-corrected chi connectivity index (χ3v) is 5.44. The Morgan fingerprint density at radius 1 is 1.35 bits per heavy atom. The molecule has 3 rings (SSSR count). The van der Waals surface area contributed by atoms with Gasteiger partial charge in [0.15, 0.2) is 0 Å². The maximum atomic E-state index is 12.3. The highest BCUT2D eigenvalue weighted by Gasteiger charge is 2.35. The minimum atomic E-state index is -3.30. The second-order valence-electron chi connectivity index (χ2n) is 4.75. The average Bonchev–Trinajstić information content (AvgIpc) is 3.05. The molecular weight excluding hydrogens is 236 g/mol. The number of anilines is 1. The van der Waals surface area contributed by atoms with Gasteiger partial charge in [-0.3, -0.25) is 0 Å². The number of fused-ring (bicyclic) bond motifs is 1. The fraction of sp³-hybridized carbons (Fsp3) is 0.500. The van der Waals surface area contributed by atoms with Crippen molar-refractivity contribution in [1.82, 2.24) is 4.31 Å². The van der Waals surface area contributed by atoms with Crippen molar-refractivity contribution in [2.45, 2.75) is 30.2 Å². The molecule has 92 valence electrons. The number of rotatable bonds is 3. The Balaban J connectivity index is 1.98. The van der Waals surface area contributed by atoms with Crippen molar-refractivity contribution in [3.8, 4) is 0 Å². The molecule has 1 saturated carbocycles. The van der Waals surface area contributed by atoms with E-state index in [0.717, 1.165) is 31.5 Å². The molecule has 0 aromatic heterocycles. The molecule has 1 aromatic carbocycles. The van der Waals surface area contributed by atoms with Crippen LogP contribution in [0.2, 0.25) is 0 Å². The zero-order chi connectivity index (χ0) is 12.0. The molecule has 5 heteroatoms. The topological polar surface area (TPSA) is 49.4 Å². The molecule has 1 fully saturated rings. The molecule has 0 amide bonds. The van der Waals surface area contributed by atoms with Crippen LogP contribution in [-0.2, 0) is 16.4 Å². The number of sulfonamides is 1. The maximum absolute atomic E-state index is 12.3. The predicted molar refractivity (Wildman–Crippen MR) is 66.6 cm³/mol. The second kappa shape index (κ2) is 3.71. The number of nitrogens with zero attached hydrogens (tertiary/aromatic N) is 1. The van der Waals surface area contributed by atoms with Gasteiger partial charge in [-0.1, -0.05) is 6.07 Å². The third kappa shape index (κ3) is 1.83. The molecular formula is C12H16N2O2S. The average molecular weight is 252 g/mol. The molecule has 1 heterocycles. The van der Waals surface area contributed by atoms with Crippen LogP contribution in [0, 0.1) is 0 Å². The molecule has 4 nitrogen and oxygen atoms in total. The van der Waals surface area contributed by atoms with Crippen LogP contribution in [0.15, 0.2) is 23.1 Å². The molecule has 0 radical (unpaired) electrons. The zero-order valence-corrected chi connectivity index (χ0v) is 10.6. The van der Waals surface area contributed by atoms with Crippen molar-refractivity contribution < 1.29 is 8.42 Å². The van der Waals surface area contributed by atoms with E-state index in [0.29, 0.717) is 4.90 Å². The van der Waals surface area contributed by atoms with Crippen LogP contribution < -0.4 is 5.32 Å². The summed E-state index contributed by atoms with van der Waals surface area (Å²) in [6.07, 6.45) is 2.95. The van der Waals surface area contributed by atoms with Crippen LogP contribution in [0.4, 0.5) is 5.69 Å². The summed E-state index contributed by atoms with van der Waals surface area (Å²) in [7, 11) is -1.63. The lowest BCUT2D eigenvalue weighted by Gasteiger charge is -2.16. The minimum absolute atomic E-state index is 0.209. The first kappa shape index (κ1) is 11.0. The molecule has 0 saturated heterocycles. The van der Waals surface area contributed by atoms with Gasteiger partial charge in [0, 0.05) is 25.3 Å². The SMILES string of the molecule is CN(C1CC1)S(=O)(=O)c1ccc2c(c1)NCC2. The quantitative estimate of drug-likeness (QED) is 0.885. The van der Waals surface area contributed by atoms with Crippen molar-refractivity contribution in [2.75, 3.05) is 18.9 Å². The molecule has 1 aliphatic carbocycles. The van der Waals surface area contributed by atoms with Gasteiger partial charge in [-0.25, -0.2) is 8.42 Å². The molecule has 0 atom stereocenters. The monoisotopic (exact) mass is 252 g/mol. The minimum Gasteiger partial charge on any atom is -0.384 e. The van der Waals surface area contributed by atoms with Crippen LogP contribution in [0.1, 0.15) is 18.4 Å². The summed E-state index contributed by atoms with van der Waals surface area (Å²) < 4.78 is 26.1. The molecule has 0 spiro atoms. The normalized spacial score (nSPS) is 19.2. The summed E-state index contributed by atoms with van der Waals surface area (Å²) in [6.45, 7) is 0.900. The van der Waals surface area contributed by atoms with Crippen molar-refractivity contribution in [2.24, 2.45) is 0 Å². The predicted octanol–water partition coefficient (Wildman–Crippen LogP) is 1.44. The Kier molecular flexibility index (Phi) is 2.41. The summed E-state index contributed by atoms with van der Waals surface area (Å²) in [6, 6.07) is 5.61. The van der Waals surface area contributed by atoms with Crippen LogP contribution in [-0.4, -0.2) is 32.4 Å². The third-order valence-electron chi connectivity index (χ3n) is 3.53. The van der Waals surface area contributed by atoms with E-state index in [1.807, 2.05) is 6.07 Å². The Labute approximate surface area is 102 Å². The summed E-state index contributed by atoms with van der Waals surface area (Å²) >= 11 is 0. The van der Waals surface area contributed by atoms with Crippen LogP contribution in [0.5, 0.6) is 0 Å². The summed E-state index contributed by atoms with van der Waals surface area (Å²) in [5.41, 5.74) is 2.17. The van der Waals surface area contributed by atoms with E-state index in [1.165, 1.54) is 9.87 Å². The first-order chi connectivity index (χ1) is 8.09. The van der Waals surface area contributed by atoms with E-state index in [1.54, 1.807) is 19.2 Å². The summed E-state index contributed by atoms with van der Waals surface area (Å²) in [5.74, 6) is 0. The Morgan fingerprint density at radius 3 is 2.82 bits per heavy atom. The first-order valence-corrected chi connectivity index (χ1v) is 7.38. The van der Waals surface area contributed by atoms with E-state index in [2.05, 4.69) is 5.32 Å². The zero-order valence-electron chi connectivity index (χ0n) is 9.81. The maximum Gasteiger partial charge on any atom is 0.243 e. The number of nitrogens with one attached hydrogen (secondary N) is 1. The summed E-state index contributed by atoms with van der Waals surface area (Å²) in [5, 5.41) is 3.21. The Morgan fingerprint density at radius 2 is 2.12 bits per heavy atom. The Hall–Kier alpha value is -1.07. The van der Waals surface area contributed by atoms with E-state index in [4.69, 9.17) is 0 Å². The van der Waals surface area contributed by atoms with Gasteiger partial charge in [-0.15, -0.1) is 0 Å². The largest absolute Gasteiger partial charge is 0.384 e. The van der Waals surface area contributed by atoms with Crippen LogP contribution in [0.25, 0.3) is 0 Å². The molecule has 17 heavy (non-hydrogen) atoms. The lowest BCUT2D eigenvalue weighted by molar-refractivity contribution is 0.464. The standard InChI is InChI=1S/C12H16N2O2S/c1-14(10-3-4-10)17(15,16)11-5-2-9-6-7-13-12(9)8-11/h2,5,8,10,13H,3-4,6-7H2,1H3. The van der Waals surface area contributed by atoms with Gasteiger partial charge in [0.05, 0.1) is 4.90 Å². The van der Waals surface area contributed by atoms with Crippen LogP contribution in [0.3, 0.4) is 0 Å². The fourth-order valence-corrected chi connectivity index (χ4v) is 3.67. The van der Waals surface area contributed by atoms with E-state index >= 15 is 0 Å². The van der Waals surface area contributed by atoms with E-state index in [-0.39, 0.29) is 6.04 Å². The first-order valence-electron chi connectivity index (χ1n) is 5.94. The second-order valence-corrected chi connectivity index (χ2v) is 6.75. The smallest absolute Gasteiger partial charge is 0.243 e. The van der Waals surface area contributed by atoms with Gasteiger partial charge in [0.1, 0.15) is 0 Å². The van der Waals surface area contributed by atoms with Gasteiger partial charge < -0.3 is 5.32 Å². The fourth-order valence-electron chi connectivity index (χ4n) is 2.23. The van der Waals surface area contributed by atoms with Gasteiger partial charge in [-0.05, 0) is 37.0 Å². The molecule has 0 unspecified atom stereocenters. The molecule has 1 aliphatic heterocycles. The molecule has 1 aromatic rings. The molecule has 0 bridgehead atoms. The van der Waals surface area contributed by atoms with E-state index < -0.39 is 10.0 Å². The van der Waals surface area contributed by atoms with Gasteiger partial charge in [-0.2, -0.15) is 4.31 Å². The molecule has 2 aliphatic rings. The van der Waals surface area contributed by atoms with Gasteiger partial charge >= 0.3 is 0 Å². The van der Waals surface area contributed by atoms with Gasteiger partial charge in [0.2, 0.25) is 10.0 Å². The number of hydrogen-bond acceptors (Lipinski definition) is 3. The number of benzene rings is 1. The highest BCUT2D eigenvalue weighted by Crippen LogP contribution is 2.32. The lowest BCUT2D eigenvalue weighted by Crippen LogP contribution is -2.28. The number of hydrogen-bond donors (Lipinski definition) is 1. The van der Waals surface area contributed by atoms with Crippen molar-refractivity contribution in [3.05, 3.63) is 23.8 Å². The highest BCUT2D eigenvalue weighted by atomic mass is 32.2. The highest BCUT2D eigenvalue weighted by molar-refractivity contribution is 7.89. The van der Waals surface area contributed by atoms with Gasteiger partial charge in [0.25, 0.3) is 0 Å². The van der Waals surface area contributed by atoms with Crippen molar-refractivity contribution in [3.63, 3.8) is 0 Å². The van der Waals surface area contributed by atoms with Crippen molar-refractivity contribution in [1.29, 1.82) is 0 Å². The van der Waals surface area contributed by atoms with Crippen LogP contribution >= 0.6 is 0 Å². The Bertz CT molecular complexity index is 550. The molecule has 1 N–H and O–H groups in total. The summed E-state index contributed by atoms with van der Waals surface area (Å²) in [4.78, 5) is 0.403. The van der Waals surface area contributed by atoms with E-state index in [9.17, 15) is 8.42 Å². The lowest BCUT2D eigenvalue weighted by atomic mass is 10.2.